The number of carbonyl (C=O) groups is 3. The number of benzene rings is 2. The molecule has 0 atom stereocenters. The Morgan fingerprint density at radius 3 is 2.42 bits per heavy atom. The zero-order valence-electron chi connectivity index (χ0n) is 14.3. The zero-order valence-corrected chi connectivity index (χ0v) is 14.3. The molecule has 6 nitrogen and oxygen atoms in total. The fraction of sp³-hybridized carbons (Fsp3) is 0.250. The molecule has 6 heteroatoms. The van der Waals surface area contributed by atoms with E-state index in [2.05, 4.69) is 10.6 Å². The van der Waals surface area contributed by atoms with Crippen molar-refractivity contribution >= 4 is 23.4 Å². The Bertz CT molecular complexity index is 844. The number of nitrogens with two attached hydrogens (primary N) is 1. The fourth-order valence-corrected chi connectivity index (χ4v) is 2.77. The molecule has 0 spiro atoms. The van der Waals surface area contributed by atoms with Gasteiger partial charge in [-0.3, -0.25) is 14.4 Å². The molecule has 1 aliphatic carbocycles. The summed E-state index contributed by atoms with van der Waals surface area (Å²) in [5, 5.41) is 5.72. The van der Waals surface area contributed by atoms with Crippen LogP contribution in [0.4, 0.5) is 5.69 Å². The number of amides is 3. The van der Waals surface area contributed by atoms with Crippen molar-refractivity contribution in [3.63, 3.8) is 0 Å². The van der Waals surface area contributed by atoms with Crippen LogP contribution < -0.4 is 16.4 Å². The van der Waals surface area contributed by atoms with Crippen LogP contribution in [-0.4, -0.2) is 17.7 Å². The van der Waals surface area contributed by atoms with Crippen LogP contribution >= 0.6 is 0 Å². The number of anilines is 1. The second-order valence-electron chi connectivity index (χ2n) is 6.45. The SMILES string of the molecule is NC(=O)c1cccc(C(=O)NCc2cccc(NC(=O)C3CCC3)c2)c1. The van der Waals surface area contributed by atoms with Crippen molar-refractivity contribution < 1.29 is 14.4 Å². The molecule has 0 aliphatic heterocycles. The van der Waals surface area contributed by atoms with E-state index < -0.39 is 5.91 Å². The van der Waals surface area contributed by atoms with Crippen molar-refractivity contribution in [1.82, 2.24) is 5.32 Å². The molecule has 26 heavy (non-hydrogen) atoms. The summed E-state index contributed by atoms with van der Waals surface area (Å²) in [5.74, 6) is -0.692. The first kappa shape index (κ1) is 17.7. The van der Waals surface area contributed by atoms with Crippen LogP contribution in [0.1, 0.15) is 45.5 Å². The molecule has 0 saturated heterocycles. The van der Waals surface area contributed by atoms with E-state index in [1.807, 2.05) is 24.3 Å². The molecule has 0 aromatic heterocycles. The minimum absolute atomic E-state index is 0.0562. The summed E-state index contributed by atoms with van der Waals surface area (Å²) in [4.78, 5) is 35.5. The highest BCUT2D eigenvalue weighted by molar-refractivity contribution is 5.99. The first-order valence-corrected chi connectivity index (χ1v) is 8.61. The van der Waals surface area contributed by atoms with Gasteiger partial charge in [0.1, 0.15) is 0 Å². The topological polar surface area (TPSA) is 101 Å². The van der Waals surface area contributed by atoms with Crippen LogP contribution in [0.5, 0.6) is 0 Å². The quantitative estimate of drug-likeness (QED) is 0.745. The van der Waals surface area contributed by atoms with E-state index in [9.17, 15) is 14.4 Å². The maximum Gasteiger partial charge on any atom is 0.251 e. The van der Waals surface area contributed by atoms with Gasteiger partial charge < -0.3 is 16.4 Å². The molecule has 4 N–H and O–H groups in total. The van der Waals surface area contributed by atoms with Crippen LogP contribution in [-0.2, 0) is 11.3 Å². The van der Waals surface area contributed by atoms with Gasteiger partial charge in [0.25, 0.3) is 5.91 Å². The van der Waals surface area contributed by atoms with Crippen molar-refractivity contribution in [2.45, 2.75) is 25.8 Å². The van der Waals surface area contributed by atoms with E-state index in [0.29, 0.717) is 17.7 Å². The van der Waals surface area contributed by atoms with Crippen LogP contribution in [0.2, 0.25) is 0 Å². The van der Waals surface area contributed by atoms with E-state index in [1.54, 1.807) is 18.2 Å². The lowest BCUT2D eigenvalue weighted by molar-refractivity contribution is -0.122. The minimum atomic E-state index is -0.574. The van der Waals surface area contributed by atoms with Gasteiger partial charge in [-0.25, -0.2) is 0 Å². The number of carbonyl (C=O) groups excluding carboxylic acids is 3. The Hall–Kier alpha value is -3.15. The van der Waals surface area contributed by atoms with Gasteiger partial charge in [-0.2, -0.15) is 0 Å². The van der Waals surface area contributed by atoms with Crippen LogP contribution in [0.25, 0.3) is 0 Å². The maximum absolute atomic E-state index is 12.3. The number of nitrogens with one attached hydrogen (secondary N) is 2. The van der Waals surface area contributed by atoms with E-state index in [4.69, 9.17) is 5.73 Å². The van der Waals surface area contributed by atoms with Gasteiger partial charge in [-0.15, -0.1) is 0 Å². The highest BCUT2D eigenvalue weighted by atomic mass is 16.2. The first-order chi connectivity index (χ1) is 12.5. The molecule has 3 rings (SSSR count). The lowest BCUT2D eigenvalue weighted by Crippen LogP contribution is -2.28. The third kappa shape index (κ3) is 4.27. The van der Waals surface area contributed by atoms with E-state index in [-0.39, 0.29) is 17.7 Å². The van der Waals surface area contributed by atoms with E-state index in [1.165, 1.54) is 6.07 Å². The fourth-order valence-electron chi connectivity index (χ4n) is 2.77. The Labute approximate surface area is 151 Å². The summed E-state index contributed by atoms with van der Waals surface area (Å²) >= 11 is 0. The van der Waals surface area contributed by atoms with Gasteiger partial charge in [0.15, 0.2) is 0 Å². The molecular weight excluding hydrogens is 330 g/mol. The molecule has 2 aromatic rings. The molecule has 134 valence electrons. The normalized spacial score (nSPS) is 13.5. The Morgan fingerprint density at radius 2 is 1.73 bits per heavy atom. The highest BCUT2D eigenvalue weighted by Crippen LogP contribution is 2.27. The van der Waals surface area contributed by atoms with Gasteiger partial charge in [0.2, 0.25) is 11.8 Å². The number of primary amides is 1. The highest BCUT2D eigenvalue weighted by Gasteiger charge is 2.25. The standard InChI is InChI=1S/C20H21N3O3/c21-18(24)15-7-3-8-16(11-15)19(25)22-12-13-4-1-9-17(10-13)23-20(26)14-5-2-6-14/h1,3-4,7-11,14H,2,5-6,12H2,(H2,21,24)(H,22,25)(H,23,26). The monoisotopic (exact) mass is 351 g/mol. The smallest absolute Gasteiger partial charge is 0.251 e. The average Bonchev–Trinajstić information content (AvgIpc) is 2.58. The predicted octanol–water partition coefficient (Wildman–Crippen LogP) is 2.45. The van der Waals surface area contributed by atoms with Crippen molar-refractivity contribution in [3.8, 4) is 0 Å². The molecule has 1 fully saturated rings. The van der Waals surface area contributed by atoms with Crippen molar-refractivity contribution in [2.24, 2.45) is 11.7 Å². The molecule has 0 unspecified atom stereocenters. The van der Waals surface area contributed by atoms with E-state index >= 15 is 0 Å². The lowest BCUT2D eigenvalue weighted by atomic mass is 9.85. The van der Waals surface area contributed by atoms with Gasteiger partial charge >= 0.3 is 0 Å². The van der Waals surface area contributed by atoms with Gasteiger partial charge in [-0.1, -0.05) is 24.6 Å². The van der Waals surface area contributed by atoms with Crippen LogP contribution in [0, 0.1) is 5.92 Å². The lowest BCUT2D eigenvalue weighted by Gasteiger charge is -2.24. The molecule has 0 radical (unpaired) electrons. The molecule has 0 heterocycles. The Balaban J connectivity index is 1.59. The molecule has 0 bridgehead atoms. The molecule has 1 aliphatic rings. The largest absolute Gasteiger partial charge is 0.366 e. The predicted molar refractivity (Wildman–Crippen MR) is 98.5 cm³/mol. The van der Waals surface area contributed by atoms with Crippen molar-refractivity contribution in [3.05, 3.63) is 65.2 Å². The average molecular weight is 351 g/mol. The van der Waals surface area contributed by atoms with Crippen molar-refractivity contribution in [2.75, 3.05) is 5.32 Å². The van der Waals surface area contributed by atoms with Crippen LogP contribution in [0.3, 0.4) is 0 Å². The summed E-state index contributed by atoms with van der Waals surface area (Å²) < 4.78 is 0. The number of hydrogen-bond acceptors (Lipinski definition) is 3. The first-order valence-electron chi connectivity index (χ1n) is 8.61. The van der Waals surface area contributed by atoms with Gasteiger partial charge in [0, 0.05) is 29.3 Å². The minimum Gasteiger partial charge on any atom is -0.366 e. The molecular formula is C20H21N3O3. The van der Waals surface area contributed by atoms with E-state index in [0.717, 1.165) is 30.5 Å². The van der Waals surface area contributed by atoms with Gasteiger partial charge in [-0.05, 0) is 48.7 Å². The summed E-state index contributed by atoms with van der Waals surface area (Å²) in [6, 6.07) is 13.7. The maximum atomic E-state index is 12.3. The van der Waals surface area contributed by atoms with Gasteiger partial charge in [0.05, 0.1) is 0 Å². The van der Waals surface area contributed by atoms with Crippen LogP contribution in [0.15, 0.2) is 48.5 Å². The summed E-state index contributed by atoms with van der Waals surface area (Å²) in [7, 11) is 0. The summed E-state index contributed by atoms with van der Waals surface area (Å²) in [6.45, 7) is 0.312. The second kappa shape index (κ2) is 7.82. The third-order valence-electron chi connectivity index (χ3n) is 4.53. The second-order valence-corrected chi connectivity index (χ2v) is 6.45. The Kier molecular flexibility index (Phi) is 5.31. The number of hydrogen-bond donors (Lipinski definition) is 3. The summed E-state index contributed by atoms with van der Waals surface area (Å²) in [5.41, 5.74) is 7.49. The molecule has 1 saturated carbocycles. The molecule has 3 amide bonds. The summed E-state index contributed by atoms with van der Waals surface area (Å²) in [6.07, 6.45) is 3.01. The molecule has 2 aromatic carbocycles. The Morgan fingerprint density at radius 1 is 1.00 bits per heavy atom. The third-order valence-corrected chi connectivity index (χ3v) is 4.53. The number of rotatable bonds is 6. The zero-order chi connectivity index (χ0) is 18.5. The van der Waals surface area contributed by atoms with Crippen molar-refractivity contribution in [1.29, 1.82) is 0 Å².